The van der Waals surface area contributed by atoms with E-state index in [0.717, 1.165) is 18.5 Å². The van der Waals surface area contributed by atoms with Crippen LogP contribution in [0.4, 0.5) is 5.69 Å². The Labute approximate surface area is 142 Å². The van der Waals surface area contributed by atoms with Crippen molar-refractivity contribution in [1.82, 2.24) is 14.8 Å². The number of amides is 1. The van der Waals surface area contributed by atoms with Crippen LogP contribution in [-0.2, 0) is 11.2 Å². The van der Waals surface area contributed by atoms with Crippen molar-refractivity contribution in [2.24, 2.45) is 0 Å². The summed E-state index contributed by atoms with van der Waals surface area (Å²) < 4.78 is 1.59. The van der Waals surface area contributed by atoms with Gasteiger partial charge in [-0.05, 0) is 42.5 Å². The van der Waals surface area contributed by atoms with Crippen LogP contribution in [0.1, 0.15) is 17.7 Å². The summed E-state index contributed by atoms with van der Waals surface area (Å²) in [4.78, 5) is 17.4. The zero-order chi connectivity index (χ0) is 16.1. The van der Waals surface area contributed by atoms with E-state index >= 15 is 0 Å². The van der Waals surface area contributed by atoms with Crippen molar-refractivity contribution in [3.63, 3.8) is 0 Å². The summed E-state index contributed by atoms with van der Waals surface area (Å²) >= 11 is 7.75. The minimum atomic E-state index is -0.0369. The first-order chi connectivity index (χ1) is 11.2. The Bertz CT molecular complexity index is 771. The van der Waals surface area contributed by atoms with E-state index in [4.69, 9.17) is 11.6 Å². The number of nitrogens with zero attached hydrogens (tertiary/aromatic N) is 3. The highest BCUT2D eigenvalue weighted by molar-refractivity contribution is 7.09. The quantitative estimate of drug-likeness (QED) is 0.735. The average Bonchev–Trinajstić information content (AvgIpc) is 3.20. The Balaban J connectivity index is 1.64. The number of carbonyl (C=O) groups is 1. The number of carbonyl (C=O) groups excluding carboxylic acids is 1. The summed E-state index contributed by atoms with van der Waals surface area (Å²) in [5, 5.41) is 9.61. The van der Waals surface area contributed by atoms with Gasteiger partial charge in [0.1, 0.15) is 12.7 Å². The summed E-state index contributed by atoms with van der Waals surface area (Å²) in [5.74, 6) is -0.0369. The molecular weight excluding hydrogens is 332 g/mol. The lowest BCUT2D eigenvalue weighted by Crippen LogP contribution is -2.13. The fourth-order valence-corrected chi connectivity index (χ4v) is 3.15. The van der Waals surface area contributed by atoms with Crippen molar-refractivity contribution in [1.29, 1.82) is 0 Å². The SMILES string of the molecule is O=C(CCCc1cccs1)Nc1cc(Cl)ccc1-n1cncn1. The molecule has 0 atom stereocenters. The van der Waals surface area contributed by atoms with Gasteiger partial charge in [-0.25, -0.2) is 9.67 Å². The van der Waals surface area contributed by atoms with E-state index in [1.165, 1.54) is 11.2 Å². The molecule has 0 aliphatic rings. The van der Waals surface area contributed by atoms with Crippen LogP contribution in [0.3, 0.4) is 0 Å². The van der Waals surface area contributed by atoms with Crippen LogP contribution < -0.4 is 5.32 Å². The van der Waals surface area contributed by atoms with Crippen LogP contribution in [0.5, 0.6) is 0 Å². The first-order valence-electron chi connectivity index (χ1n) is 7.19. The average molecular weight is 347 g/mol. The van der Waals surface area contributed by atoms with Gasteiger partial charge < -0.3 is 5.32 Å². The largest absolute Gasteiger partial charge is 0.324 e. The zero-order valence-electron chi connectivity index (χ0n) is 12.3. The number of hydrogen-bond donors (Lipinski definition) is 1. The van der Waals surface area contributed by atoms with Gasteiger partial charge in [-0.1, -0.05) is 17.7 Å². The lowest BCUT2D eigenvalue weighted by Gasteiger charge is -2.11. The van der Waals surface area contributed by atoms with E-state index in [0.29, 0.717) is 17.1 Å². The van der Waals surface area contributed by atoms with Gasteiger partial charge >= 0.3 is 0 Å². The van der Waals surface area contributed by atoms with Gasteiger partial charge in [0.25, 0.3) is 0 Å². The molecule has 3 aromatic rings. The Morgan fingerprint density at radius 2 is 2.26 bits per heavy atom. The molecule has 0 saturated heterocycles. The van der Waals surface area contributed by atoms with Crippen LogP contribution in [-0.4, -0.2) is 20.7 Å². The molecule has 5 nitrogen and oxygen atoms in total. The number of aryl methyl sites for hydroxylation is 1. The minimum Gasteiger partial charge on any atom is -0.324 e. The monoisotopic (exact) mass is 346 g/mol. The van der Waals surface area contributed by atoms with Crippen molar-refractivity contribution in [2.75, 3.05) is 5.32 Å². The van der Waals surface area contributed by atoms with Crippen LogP contribution in [0, 0.1) is 0 Å². The first kappa shape index (κ1) is 15.7. The zero-order valence-corrected chi connectivity index (χ0v) is 13.8. The highest BCUT2D eigenvalue weighted by Crippen LogP contribution is 2.24. The molecule has 1 N–H and O–H groups in total. The van der Waals surface area contributed by atoms with E-state index in [2.05, 4.69) is 21.5 Å². The predicted molar refractivity (Wildman–Crippen MR) is 92.3 cm³/mol. The molecular formula is C16H15ClN4OS. The van der Waals surface area contributed by atoms with Crippen molar-refractivity contribution in [3.05, 3.63) is 58.3 Å². The third-order valence-electron chi connectivity index (χ3n) is 3.31. The van der Waals surface area contributed by atoms with E-state index in [9.17, 15) is 4.79 Å². The van der Waals surface area contributed by atoms with Crippen LogP contribution >= 0.6 is 22.9 Å². The molecule has 1 aromatic carbocycles. The van der Waals surface area contributed by atoms with Gasteiger partial charge in [-0.3, -0.25) is 4.79 Å². The summed E-state index contributed by atoms with van der Waals surface area (Å²) in [6.07, 6.45) is 5.21. The first-order valence-corrected chi connectivity index (χ1v) is 8.45. The second-order valence-electron chi connectivity index (χ2n) is 4.98. The highest BCUT2D eigenvalue weighted by atomic mass is 35.5. The normalized spacial score (nSPS) is 10.7. The number of nitrogens with one attached hydrogen (secondary N) is 1. The maximum absolute atomic E-state index is 12.2. The van der Waals surface area contributed by atoms with Gasteiger partial charge in [-0.2, -0.15) is 5.10 Å². The maximum atomic E-state index is 12.2. The smallest absolute Gasteiger partial charge is 0.224 e. The lowest BCUT2D eigenvalue weighted by atomic mass is 10.2. The molecule has 0 bridgehead atoms. The molecule has 0 saturated carbocycles. The number of thiophene rings is 1. The molecule has 0 fully saturated rings. The molecule has 7 heteroatoms. The van der Waals surface area contributed by atoms with Crippen molar-refractivity contribution in [3.8, 4) is 5.69 Å². The molecule has 2 aromatic heterocycles. The van der Waals surface area contributed by atoms with Crippen LogP contribution in [0.15, 0.2) is 48.4 Å². The highest BCUT2D eigenvalue weighted by Gasteiger charge is 2.10. The summed E-state index contributed by atoms with van der Waals surface area (Å²) in [6, 6.07) is 9.39. The van der Waals surface area contributed by atoms with Crippen molar-refractivity contribution < 1.29 is 4.79 Å². The molecule has 23 heavy (non-hydrogen) atoms. The Hall–Kier alpha value is -2.18. The molecule has 3 rings (SSSR count). The molecule has 118 valence electrons. The minimum absolute atomic E-state index is 0.0369. The van der Waals surface area contributed by atoms with E-state index < -0.39 is 0 Å². The topological polar surface area (TPSA) is 59.8 Å². The van der Waals surface area contributed by atoms with E-state index in [1.54, 1.807) is 40.5 Å². The second-order valence-corrected chi connectivity index (χ2v) is 6.45. The van der Waals surface area contributed by atoms with Gasteiger partial charge in [0.15, 0.2) is 0 Å². The second kappa shape index (κ2) is 7.39. The Kier molecular flexibility index (Phi) is 5.05. The van der Waals surface area contributed by atoms with Crippen molar-refractivity contribution >= 4 is 34.5 Å². The Morgan fingerprint density at radius 1 is 1.35 bits per heavy atom. The standard InChI is InChI=1S/C16H15ClN4OS/c17-12-6-7-15(21-11-18-10-19-21)14(9-12)20-16(22)5-1-3-13-4-2-8-23-13/h2,4,6-11H,1,3,5H2,(H,20,22). The predicted octanol–water partition coefficient (Wildman–Crippen LogP) is 3.94. The molecule has 0 radical (unpaired) electrons. The number of anilines is 1. The molecule has 0 aliphatic heterocycles. The summed E-state index contributed by atoms with van der Waals surface area (Å²) in [6.45, 7) is 0. The fraction of sp³-hybridized carbons (Fsp3) is 0.188. The van der Waals surface area contributed by atoms with Gasteiger partial charge in [0, 0.05) is 16.3 Å². The third-order valence-corrected chi connectivity index (χ3v) is 4.48. The third kappa shape index (κ3) is 4.18. The molecule has 0 spiro atoms. The summed E-state index contributed by atoms with van der Waals surface area (Å²) in [7, 11) is 0. The van der Waals surface area contributed by atoms with Gasteiger partial charge in [0.2, 0.25) is 5.91 Å². The van der Waals surface area contributed by atoms with Gasteiger partial charge in [0.05, 0.1) is 11.4 Å². The van der Waals surface area contributed by atoms with E-state index in [-0.39, 0.29) is 5.91 Å². The molecule has 0 unspecified atom stereocenters. The summed E-state index contributed by atoms with van der Waals surface area (Å²) in [5.41, 5.74) is 1.36. The Morgan fingerprint density at radius 3 is 3.00 bits per heavy atom. The fourth-order valence-electron chi connectivity index (χ4n) is 2.23. The number of benzene rings is 1. The maximum Gasteiger partial charge on any atom is 0.224 e. The molecule has 2 heterocycles. The molecule has 1 amide bonds. The van der Waals surface area contributed by atoms with Crippen LogP contribution in [0.2, 0.25) is 5.02 Å². The van der Waals surface area contributed by atoms with E-state index in [1.807, 2.05) is 11.4 Å². The number of halogens is 1. The number of hydrogen-bond acceptors (Lipinski definition) is 4. The lowest BCUT2D eigenvalue weighted by molar-refractivity contribution is -0.116. The van der Waals surface area contributed by atoms with Crippen LogP contribution in [0.25, 0.3) is 5.69 Å². The molecule has 0 aliphatic carbocycles. The number of aromatic nitrogens is 3. The van der Waals surface area contributed by atoms with Gasteiger partial charge in [-0.15, -0.1) is 11.3 Å². The van der Waals surface area contributed by atoms with Crippen molar-refractivity contribution in [2.45, 2.75) is 19.3 Å². The number of rotatable bonds is 6.